The molecule has 19 heavy (non-hydrogen) atoms. The van der Waals surface area contributed by atoms with Crippen LogP contribution < -0.4 is 16.0 Å². The Hall–Kier alpha value is -0.650. The van der Waals surface area contributed by atoms with E-state index < -0.39 is 0 Å². The Morgan fingerprint density at radius 2 is 2.00 bits per heavy atom. The summed E-state index contributed by atoms with van der Waals surface area (Å²) in [6.07, 6.45) is 6.69. The summed E-state index contributed by atoms with van der Waals surface area (Å²) in [6.45, 7) is 4.91. The van der Waals surface area contributed by atoms with Gasteiger partial charge in [0.2, 0.25) is 5.91 Å². The lowest BCUT2D eigenvalue weighted by atomic mass is 9.98. The number of amides is 1. The van der Waals surface area contributed by atoms with Crippen LogP contribution in [0.1, 0.15) is 39.0 Å². The highest BCUT2D eigenvalue weighted by molar-refractivity contribution is 5.82. The van der Waals surface area contributed by atoms with Crippen molar-refractivity contribution < 1.29 is 9.53 Å². The molecule has 3 N–H and O–H groups in total. The van der Waals surface area contributed by atoms with Crippen LogP contribution in [0.4, 0.5) is 0 Å². The molecule has 2 rings (SSSR count). The molecule has 1 saturated carbocycles. The van der Waals surface area contributed by atoms with Crippen molar-refractivity contribution in [3.63, 3.8) is 0 Å². The van der Waals surface area contributed by atoms with E-state index >= 15 is 0 Å². The van der Waals surface area contributed by atoms with E-state index in [0.29, 0.717) is 31.8 Å². The number of carbonyl (C=O) groups is 1. The van der Waals surface area contributed by atoms with E-state index in [1.165, 1.54) is 32.1 Å². The number of nitrogens with one attached hydrogen (secondary N) is 3. The molecule has 2 atom stereocenters. The van der Waals surface area contributed by atoms with Gasteiger partial charge in [-0.2, -0.15) is 0 Å². The Bertz CT molecular complexity index is 272. The third-order valence-corrected chi connectivity index (χ3v) is 3.96. The van der Waals surface area contributed by atoms with E-state index in [4.69, 9.17) is 4.74 Å². The Morgan fingerprint density at radius 1 is 1.21 bits per heavy atom. The number of piperazine rings is 1. The van der Waals surface area contributed by atoms with Gasteiger partial charge in [-0.25, -0.2) is 0 Å². The van der Waals surface area contributed by atoms with Crippen LogP contribution in [-0.4, -0.2) is 50.3 Å². The maximum atomic E-state index is 11.9. The molecule has 0 spiro atoms. The molecule has 0 aromatic carbocycles. The summed E-state index contributed by atoms with van der Waals surface area (Å²) in [6, 6.07) is 0.338. The predicted molar refractivity (Wildman–Crippen MR) is 75.1 cm³/mol. The van der Waals surface area contributed by atoms with Crippen molar-refractivity contribution in [2.75, 3.05) is 26.2 Å². The topological polar surface area (TPSA) is 62.4 Å². The second-order valence-corrected chi connectivity index (χ2v) is 5.69. The van der Waals surface area contributed by atoms with Gasteiger partial charge in [0, 0.05) is 25.7 Å². The predicted octanol–water partition coefficient (Wildman–Crippen LogP) is 0.402. The van der Waals surface area contributed by atoms with Gasteiger partial charge in [0.15, 0.2) is 0 Å². The molecular weight excluding hydrogens is 242 g/mol. The number of carbonyl (C=O) groups excluding carboxylic acids is 1. The zero-order chi connectivity index (χ0) is 13.5. The lowest BCUT2D eigenvalue weighted by molar-refractivity contribution is -0.123. The first-order valence-electron chi connectivity index (χ1n) is 7.62. The van der Waals surface area contributed by atoms with Crippen LogP contribution in [0.3, 0.4) is 0 Å². The Morgan fingerprint density at radius 3 is 2.68 bits per heavy atom. The van der Waals surface area contributed by atoms with Gasteiger partial charge in [-0.05, 0) is 19.8 Å². The normalized spacial score (nSPS) is 29.1. The molecular formula is C14H27N3O2. The van der Waals surface area contributed by atoms with Crippen molar-refractivity contribution in [1.82, 2.24) is 16.0 Å². The van der Waals surface area contributed by atoms with E-state index in [2.05, 4.69) is 22.9 Å². The molecule has 2 fully saturated rings. The molecule has 1 saturated heterocycles. The summed E-state index contributed by atoms with van der Waals surface area (Å²) in [4.78, 5) is 11.9. The monoisotopic (exact) mass is 269 g/mol. The van der Waals surface area contributed by atoms with Gasteiger partial charge in [-0.1, -0.05) is 19.3 Å². The molecule has 0 aromatic heterocycles. The molecule has 1 aliphatic carbocycles. The Balaban J connectivity index is 1.53. The highest BCUT2D eigenvalue weighted by Crippen LogP contribution is 2.19. The number of hydrogen-bond acceptors (Lipinski definition) is 4. The smallest absolute Gasteiger partial charge is 0.238 e. The maximum absolute atomic E-state index is 11.9. The second kappa shape index (κ2) is 7.82. The standard InChI is InChI=1S/C14H27N3O2/c1-11-9-17-13(10-16-11)14(18)15-7-8-19-12-5-3-2-4-6-12/h11-13,16-17H,2-10H2,1H3,(H,15,18). The quantitative estimate of drug-likeness (QED) is 0.632. The SMILES string of the molecule is CC1CNC(C(=O)NCCOC2CCCCC2)CN1. The Kier molecular flexibility index (Phi) is 6.07. The van der Waals surface area contributed by atoms with Crippen molar-refractivity contribution in [1.29, 1.82) is 0 Å². The molecule has 2 unspecified atom stereocenters. The fraction of sp³-hybridized carbons (Fsp3) is 0.929. The highest BCUT2D eigenvalue weighted by Gasteiger charge is 2.22. The van der Waals surface area contributed by atoms with Crippen molar-refractivity contribution in [3.05, 3.63) is 0 Å². The molecule has 0 radical (unpaired) electrons. The van der Waals surface area contributed by atoms with Gasteiger partial charge in [0.25, 0.3) is 0 Å². The van der Waals surface area contributed by atoms with Crippen LogP contribution >= 0.6 is 0 Å². The molecule has 5 heteroatoms. The molecule has 1 amide bonds. The van der Waals surface area contributed by atoms with Crippen molar-refractivity contribution >= 4 is 5.91 Å². The summed E-state index contributed by atoms with van der Waals surface area (Å²) >= 11 is 0. The first-order chi connectivity index (χ1) is 9.25. The summed E-state index contributed by atoms with van der Waals surface area (Å²) in [5.41, 5.74) is 0. The molecule has 110 valence electrons. The molecule has 0 bridgehead atoms. The number of rotatable bonds is 5. The molecule has 2 aliphatic rings. The number of ether oxygens (including phenoxy) is 1. The van der Waals surface area contributed by atoms with Crippen molar-refractivity contribution in [2.24, 2.45) is 0 Å². The average Bonchev–Trinajstić information content (AvgIpc) is 2.45. The molecule has 5 nitrogen and oxygen atoms in total. The summed E-state index contributed by atoms with van der Waals surface area (Å²) < 4.78 is 5.79. The Labute approximate surface area is 115 Å². The third-order valence-electron chi connectivity index (χ3n) is 3.96. The average molecular weight is 269 g/mol. The fourth-order valence-electron chi connectivity index (χ4n) is 2.72. The summed E-state index contributed by atoms with van der Waals surface area (Å²) in [5.74, 6) is 0.0756. The van der Waals surface area contributed by atoms with Crippen LogP contribution in [0.5, 0.6) is 0 Å². The molecule has 1 heterocycles. The van der Waals surface area contributed by atoms with Crippen LogP contribution in [0.2, 0.25) is 0 Å². The van der Waals surface area contributed by atoms with Crippen LogP contribution in [0.25, 0.3) is 0 Å². The van der Waals surface area contributed by atoms with Crippen molar-refractivity contribution in [2.45, 2.75) is 57.2 Å². The zero-order valence-electron chi connectivity index (χ0n) is 11.9. The summed E-state index contributed by atoms with van der Waals surface area (Å²) in [7, 11) is 0. The first kappa shape index (κ1) is 14.8. The van der Waals surface area contributed by atoms with Crippen LogP contribution in [-0.2, 0) is 9.53 Å². The van der Waals surface area contributed by atoms with E-state index in [1.54, 1.807) is 0 Å². The van der Waals surface area contributed by atoms with E-state index in [-0.39, 0.29) is 11.9 Å². The van der Waals surface area contributed by atoms with E-state index in [9.17, 15) is 4.79 Å². The maximum Gasteiger partial charge on any atom is 0.238 e. The van der Waals surface area contributed by atoms with Gasteiger partial charge in [-0.15, -0.1) is 0 Å². The van der Waals surface area contributed by atoms with Gasteiger partial charge in [0.1, 0.15) is 0 Å². The lowest BCUT2D eigenvalue weighted by Crippen LogP contribution is -2.59. The van der Waals surface area contributed by atoms with Crippen molar-refractivity contribution in [3.8, 4) is 0 Å². The van der Waals surface area contributed by atoms with Crippen LogP contribution in [0.15, 0.2) is 0 Å². The third kappa shape index (κ3) is 5.09. The zero-order valence-corrected chi connectivity index (χ0v) is 11.9. The fourth-order valence-corrected chi connectivity index (χ4v) is 2.72. The van der Waals surface area contributed by atoms with Gasteiger partial charge < -0.3 is 20.7 Å². The minimum atomic E-state index is -0.106. The first-order valence-corrected chi connectivity index (χ1v) is 7.62. The van der Waals surface area contributed by atoms with Gasteiger partial charge in [-0.3, -0.25) is 4.79 Å². The summed E-state index contributed by atoms with van der Waals surface area (Å²) in [5, 5.41) is 9.48. The number of hydrogen-bond donors (Lipinski definition) is 3. The molecule has 1 aliphatic heterocycles. The van der Waals surface area contributed by atoms with E-state index in [0.717, 1.165) is 6.54 Å². The second-order valence-electron chi connectivity index (χ2n) is 5.69. The van der Waals surface area contributed by atoms with Crippen LogP contribution in [0, 0.1) is 0 Å². The molecule has 0 aromatic rings. The lowest BCUT2D eigenvalue weighted by Gasteiger charge is -2.28. The minimum Gasteiger partial charge on any atom is -0.376 e. The van der Waals surface area contributed by atoms with E-state index in [1.807, 2.05) is 0 Å². The minimum absolute atomic E-state index is 0.0756. The van der Waals surface area contributed by atoms with Gasteiger partial charge >= 0.3 is 0 Å². The highest BCUT2D eigenvalue weighted by atomic mass is 16.5. The van der Waals surface area contributed by atoms with Gasteiger partial charge in [0.05, 0.1) is 18.8 Å². The largest absolute Gasteiger partial charge is 0.376 e.